The highest BCUT2D eigenvalue weighted by Crippen LogP contribution is 2.36. The zero-order chi connectivity index (χ0) is 20.2. The van der Waals surface area contributed by atoms with Gasteiger partial charge in [0.05, 0.1) is 17.3 Å². The van der Waals surface area contributed by atoms with E-state index in [1.165, 1.54) is 5.56 Å². The Kier molecular flexibility index (Phi) is 6.60. The predicted molar refractivity (Wildman–Crippen MR) is 117 cm³/mol. The Balaban J connectivity index is 1.27. The van der Waals surface area contributed by atoms with Crippen molar-refractivity contribution in [1.82, 2.24) is 9.80 Å². The second kappa shape index (κ2) is 9.34. The number of rotatable bonds is 5. The molecule has 1 amide bonds. The lowest BCUT2D eigenvalue weighted by atomic mass is 10.1. The van der Waals surface area contributed by atoms with E-state index in [0.29, 0.717) is 30.5 Å². The van der Waals surface area contributed by atoms with Gasteiger partial charge in [0.2, 0.25) is 5.91 Å². The predicted octanol–water partition coefficient (Wildman–Crippen LogP) is 3.63. The van der Waals surface area contributed by atoms with Crippen LogP contribution >= 0.6 is 27.5 Å². The minimum Gasteiger partial charge on any atom is -0.486 e. The van der Waals surface area contributed by atoms with Crippen molar-refractivity contribution < 1.29 is 14.3 Å². The van der Waals surface area contributed by atoms with Crippen LogP contribution in [0.25, 0.3) is 0 Å². The summed E-state index contributed by atoms with van der Waals surface area (Å²) in [5.41, 5.74) is 1.83. The van der Waals surface area contributed by atoms with Crippen LogP contribution in [0.5, 0.6) is 11.5 Å². The number of anilines is 1. The molecule has 29 heavy (non-hydrogen) atoms. The van der Waals surface area contributed by atoms with Gasteiger partial charge in [0, 0.05) is 37.2 Å². The summed E-state index contributed by atoms with van der Waals surface area (Å²) in [6.07, 6.45) is 0. The maximum Gasteiger partial charge on any atom is 0.238 e. The van der Waals surface area contributed by atoms with Gasteiger partial charge in [-0.1, -0.05) is 39.7 Å². The van der Waals surface area contributed by atoms with Gasteiger partial charge in [0.25, 0.3) is 0 Å². The molecule has 8 heteroatoms. The largest absolute Gasteiger partial charge is 0.486 e. The van der Waals surface area contributed by atoms with Crippen molar-refractivity contribution in [3.8, 4) is 11.5 Å². The molecule has 0 unspecified atom stereocenters. The summed E-state index contributed by atoms with van der Waals surface area (Å²) >= 11 is 9.76. The first kappa shape index (κ1) is 20.5. The molecular formula is C21H23BrClN3O3. The average Bonchev–Trinajstić information content (AvgIpc) is 2.72. The fourth-order valence-corrected chi connectivity index (χ4v) is 4.16. The number of amides is 1. The summed E-state index contributed by atoms with van der Waals surface area (Å²) < 4.78 is 12.4. The second-order valence-corrected chi connectivity index (χ2v) is 8.43. The van der Waals surface area contributed by atoms with Crippen molar-refractivity contribution in [2.24, 2.45) is 0 Å². The number of piperazine rings is 1. The first-order chi connectivity index (χ1) is 14.1. The molecule has 0 bridgehead atoms. The molecule has 1 fully saturated rings. The third-order valence-corrected chi connectivity index (χ3v) is 6.15. The van der Waals surface area contributed by atoms with Gasteiger partial charge in [0.1, 0.15) is 13.2 Å². The minimum atomic E-state index is -0.0406. The van der Waals surface area contributed by atoms with Crippen LogP contribution in [0.3, 0.4) is 0 Å². The molecule has 0 aromatic heterocycles. The molecule has 0 radical (unpaired) electrons. The lowest BCUT2D eigenvalue weighted by molar-refractivity contribution is -0.117. The summed E-state index contributed by atoms with van der Waals surface area (Å²) in [4.78, 5) is 16.9. The van der Waals surface area contributed by atoms with E-state index in [1.807, 2.05) is 24.3 Å². The summed E-state index contributed by atoms with van der Waals surface area (Å²) in [5, 5.41) is 3.44. The first-order valence-corrected chi connectivity index (χ1v) is 10.8. The Morgan fingerprint density at radius 1 is 1.03 bits per heavy atom. The lowest BCUT2D eigenvalue weighted by Gasteiger charge is -2.34. The number of para-hydroxylation sites is 1. The molecule has 2 aromatic rings. The normalized spacial score (nSPS) is 17.2. The first-order valence-electron chi connectivity index (χ1n) is 9.65. The molecule has 2 aliphatic rings. The number of nitrogens with one attached hydrogen (secondary N) is 1. The van der Waals surface area contributed by atoms with Crippen molar-refractivity contribution in [3.63, 3.8) is 0 Å². The van der Waals surface area contributed by atoms with Crippen LogP contribution in [0.2, 0.25) is 5.02 Å². The summed E-state index contributed by atoms with van der Waals surface area (Å²) in [7, 11) is 0. The van der Waals surface area contributed by atoms with Gasteiger partial charge in [-0.05, 0) is 29.8 Å². The standard InChI is InChI=1S/C21H23BrClN3O3/c22-16-12-20-19(28-9-10-29-20)11-15(16)13-25-5-7-26(8-6-25)14-21(27)24-18-4-2-1-3-17(18)23/h1-4,11-12H,5-10,13-14H2,(H,24,27). The van der Waals surface area contributed by atoms with Crippen molar-refractivity contribution in [3.05, 3.63) is 51.5 Å². The van der Waals surface area contributed by atoms with Crippen LogP contribution in [0.4, 0.5) is 5.69 Å². The number of ether oxygens (including phenoxy) is 2. The number of nitrogens with zero attached hydrogens (tertiary/aromatic N) is 2. The van der Waals surface area contributed by atoms with E-state index in [0.717, 1.165) is 48.7 Å². The second-order valence-electron chi connectivity index (χ2n) is 7.17. The Bertz CT molecular complexity index is 887. The minimum absolute atomic E-state index is 0.0406. The molecule has 1 N–H and O–H groups in total. The summed E-state index contributed by atoms with van der Waals surface area (Å²) in [6.45, 7) is 5.87. The Morgan fingerprint density at radius 2 is 1.69 bits per heavy atom. The van der Waals surface area contributed by atoms with Gasteiger partial charge in [-0.15, -0.1) is 0 Å². The van der Waals surface area contributed by atoms with Crippen molar-refractivity contribution in [2.45, 2.75) is 6.54 Å². The van der Waals surface area contributed by atoms with Crippen molar-refractivity contribution in [1.29, 1.82) is 0 Å². The maximum atomic E-state index is 12.3. The molecule has 2 aromatic carbocycles. The van der Waals surface area contributed by atoms with Crippen LogP contribution in [0.15, 0.2) is 40.9 Å². The van der Waals surface area contributed by atoms with Gasteiger partial charge in [-0.3, -0.25) is 14.6 Å². The van der Waals surface area contributed by atoms with Gasteiger partial charge in [0.15, 0.2) is 11.5 Å². The highest BCUT2D eigenvalue weighted by atomic mass is 79.9. The third-order valence-electron chi connectivity index (χ3n) is 5.09. The molecule has 1 saturated heterocycles. The van der Waals surface area contributed by atoms with E-state index < -0.39 is 0 Å². The molecule has 6 nitrogen and oxygen atoms in total. The van der Waals surface area contributed by atoms with Gasteiger partial charge in [-0.25, -0.2) is 0 Å². The number of hydrogen-bond acceptors (Lipinski definition) is 5. The van der Waals surface area contributed by atoms with E-state index in [-0.39, 0.29) is 5.91 Å². The number of halogens is 2. The molecule has 0 saturated carbocycles. The van der Waals surface area contributed by atoms with Crippen LogP contribution in [0, 0.1) is 0 Å². The highest BCUT2D eigenvalue weighted by molar-refractivity contribution is 9.10. The molecule has 2 heterocycles. The quantitative estimate of drug-likeness (QED) is 0.708. The van der Waals surface area contributed by atoms with Gasteiger partial charge >= 0.3 is 0 Å². The van der Waals surface area contributed by atoms with E-state index in [9.17, 15) is 4.79 Å². The summed E-state index contributed by atoms with van der Waals surface area (Å²) in [6, 6.07) is 11.3. The van der Waals surface area contributed by atoms with E-state index in [4.69, 9.17) is 21.1 Å². The molecular weight excluding hydrogens is 458 g/mol. The molecule has 2 aliphatic heterocycles. The van der Waals surface area contributed by atoms with Gasteiger partial charge in [-0.2, -0.15) is 0 Å². The highest BCUT2D eigenvalue weighted by Gasteiger charge is 2.21. The van der Waals surface area contributed by atoms with Gasteiger partial charge < -0.3 is 14.8 Å². The fourth-order valence-electron chi connectivity index (χ4n) is 3.53. The van der Waals surface area contributed by atoms with E-state index in [2.05, 4.69) is 37.1 Å². The smallest absolute Gasteiger partial charge is 0.238 e. The van der Waals surface area contributed by atoms with Crippen molar-refractivity contribution in [2.75, 3.05) is 51.3 Å². The lowest BCUT2D eigenvalue weighted by Crippen LogP contribution is -2.48. The number of carbonyl (C=O) groups excluding carboxylic acids is 1. The van der Waals surface area contributed by atoms with Crippen LogP contribution < -0.4 is 14.8 Å². The molecule has 154 valence electrons. The number of hydrogen-bond donors (Lipinski definition) is 1. The maximum absolute atomic E-state index is 12.3. The number of fused-ring (bicyclic) bond motifs is 1. The van der Waals surface area contributed by atoms with E-state index >= 15 is 0 Å². The Hall–Kier alpha value is -1.80. The summed E-state index contributed by atoms with van der Waals surface area (Å²) in [5.74, 6) is 1.56. The third kappa shape index (κ3) is 5.22. The van der Waals surface area contributed by atoms with E-state index in [1.54, 1.807) is 6.07 Å². The van der Waals surface area contributed by atoms with Crippen LogP contribution in [0.1, 0.15) is 5.56 Å². The average molecular weight is 481 g/mol. The number of benzene rings is 2. The Morgan fingerprint density at radius 3 is 2.41 bits per heavy atom. The van der Waals surface area contributed by atoms with Crippen molar-refractivity contribution >= 4 is 39.1 Å². The topological polar surface area (TPSA) is 54.0 Å². The van der Waals surface area contributed by atoms with Crippen LogP contribution in [-0.4, -0.2) is 61.6 Å². The monoisotopic (exact) mass is 479 g/mol. The zero-order valence-electron chi connectivity index (χ0n) is 16.0. The molecule has 0 spiro atoms. The molecule has 4 rings (SSSR count). The fraction of sp³-hybridized carbons (Fsp3) is 0.381. The molecule has 0 aliphatic carbocycles. The SMILES string of the molecule is O=C(CN1CCN(Cc2cc3c(cc2Br)OCCO3)CC1)Nc1ccccc1Cl. The Labute approximate surface area is 183 Å². The molecule has 0 atom stereocenters. The number of carbonyl (C=O) groups is 1. The van der Waals surface area contributed by atoms with Crippen LogP contribution in [-0.2, 0) is 11.3 Å². The zero-order valence-corrected chi connectivity index (χ0v) is 18.3.